The molecule has 0 heterocycles. The fourth-order valence-corrected chi connectivity index (χ4v) is 0.920. The van der Waals surface area contributed by atoms with Crippen LogP contribution in [0.3, 0.4) is 0 Å². The lowest BCUT2D eigenvalue weighted by atomic mass is 10.2. The zero-order valence-corrected chi connectivity index (χ0v) is 7.99. The number of hydrogen-bond acceptors (Lipinski definition) is 4. The van der Waals surface area contributed by atoms with Gasteiger partial charge in [0.05, 0.1) is 19.1 Å². The number of hydrogen-bond donors (Lipinski definition) is 3. The van der Waals surface area contributed by atoms with Crippen LogP contribution in [0.4, 0.5) is 0 Å². The van der Waals surface area contributed by atoms with Gasteiger partial charge in [-0.05, 0) is 6.92 Å². The predicted molar refractivity (Wildman–Crippen MR) is 47.6 cm³/mol. The molecule has 0 aliphatic rings. The molecule has 0 spiro atoms. The molecule has 3 N–H and O–H groups in total. The van der Waals surface area contributed by atoms with E-state index in [4.69, 9.17) is 14.9 Å². The molecule has 0 amide bonds. The number of methoxy groups -OCH3 is 1. The molecule has 0 aromatic carbocycles. The number of carbonyl (C=O) groups is 1. The fourth-order valence-electron chi connectivity index (χ4n) is 0.920. The van der Waals surface area contributed by atoms with Crippen molar-refractivity contribution in [3.63, 3.8) is 0 Å². The predicted octanol–water partition coefficient (Wildman–Crippen LogP) is -0.553. The van der Waals surface area contributed by atoms with Gasteiger partial charge in [0.15, 0.2) is 0 Å². The zero-order chi connectivity index (χ0) is 10.3. The van der Waals surface area contributed by atoms with E-state index in [0.717, 1.165) is 0 Å². The van der Waals surface area contributed by atoms with Crippen LogP contribution in [0.5, 0.6) is 0 Å². The third kappa shape index (κ3) is 7.70. The van der Waals surface area contributed by atoms with Crippen molar-refractivity contribution in [3.05, 3.63) is 0 Å². The number of aliphatic hydroxyl groups excluding tert-OH is 1. The first-order valence-corrected chi connectivity index (χ1v) is 4.18. The van der Waals surface area contributed by atoms with Gasteiger partial charge in [-0.1, -0.05) is 0 Å². The number of aliphatic hydroxyl groups is 1. The SMILES string of the molecule is COCC(C)NCC(O)CC(=O)O. The highest BCUT2D eigenvalue weighted by Crippen LogP contribution is 1.91. The van der Waals surface area contributed by atoms with Gasteiger partial charge in [0.25, 0.3) is 0 Å². The van der Waals surface area contributed by atoms with Crippen molar-refractivity contribution < 1.29 is 19.7 Å². The Hall–Kier alpha value is -0.650. The normalized spacial score (nSPS) is 15.3. The molecule has 0 fully saturated rings. The largest absolute Gasteiger partial charge is 0.481 e. The van der Waals surface area contributed by atoms with Gasteiger partial charge in [-0.2, -0.15) is 0 Å². The smallest absolute Gasteiger partial charge is 0.306 e. The summed E-state index contributed by atoms with van der Waals surface area (Å²) < 4.78 is 4.86. The first kappa shape index (κ1) is 12.3. The maximum absolute atomic E-state index is 10.2. The molecule has 78 valence electrons. The molecule has 2 unspecified atom stereocenters. The van der Waals surface area contributed by atoms with Crippen LogP contribution in [-0.2, 0) is 9.53 Å². The van der Waals surface area contributed by atoms with Crippen LogP contribution in [-0.4, -0.2) is 48.6 Å². The Bertz CT molecular complexity index is 151. The molecule has 2 atom stereocenters. The molecule has 0 aliphatic heterocycles. The second-order valence-electron chi connectivity index (χ2n) is 3.02. The number of carboxylic acid groups (broad SMARTS) is 1. The quantitative estimate of drug-likeness (QED) is 0.503. The lowest BCUT2D eigenvalue weighted by Crippen LogP contribution is -2.37. The molecule has 0 rings (SSSR count). The van der Waals surface area contributed by atoms with E-state index in [0.29, 0.717) is 6.61 Å². The maximum Gasteiger partial charge on any atom is 0.306 e. The van der Waals surface area contributed by atoms with Gasteiger partial charge in [-0.15, -0.1) is 0 Å². The highest BCUT2D eigenvalue weighted by molar-refractivity contribution is 5.67. The van der Waals surface area contributed by atoms with Gasteiger partial charge in [-0.25, -0.2) is 0 Å². The standard InChI is InChI=1S/C8H17NO4/c1-6(5-13-2)9-4-7(10)3-8(11)12/h6-7,9-10H,3-5H2,1-2H3,(H,11,12). The highest BCUT2D eigenvalue weighted by atomic mass is 16.5. The van der Waals surface area contributed by atoms with Crippen molar-refractivity contribution in [1.82, 2.24) is 5.32 Å². The molecular weight excluding hydrogens is 174 g/mol. The van der Waals surface area contributed by atoms with Gasteiger partial charge >= 0.3 is 5.97 Å². The van der Waals surface area contributed by atoms with Gasteiger partial charge in [0, 0.05) is 19.7 Å². The van der Waals surface area contributed by atoms with Gasteiger partial charge in [-0.3, -0.25) is 4.79 Å². The third-order valence-corrected chi connectivity index (χ3v) is 1.53. The van der Waals surface area contributed by atoms with E-state index in [1.54, 1.807) is 7.11 Å². The summed E-state index contributed by atoms with van der Waals surface area (Å²) in [7, 11) is 1.59. The minimum absolute atomic E-state index is 0.119. The minimum Gasteiger partial charge on any atom is -0.481 e. The second-order valence-corrected chi connectivity index (χ2v) is 3.02. The Morgan fingerprint density at radius 1 is 1.62 bits per heavy atom. The molecule has 13 heavy (non-hydrogen) atoms. The van der Waals surface area contributed by atoms with Gasteiger partial charge in [0.2, 0.25) is 0 Å². The summed E-state index contributed by atoms with van der Waals surface area (Å²) in [5, 5.41) is 20.4. The molecule has 5 nitrogen and oxygen atoms in total. The number of carboxylic acids is 1. The Balaban J connectivity index is 3.45. The van der Waals surface area contributed by atoms with Crippen LogP contribution in [0.2, 0.25) is 0 Å². The van der Waals surface area contributed by atoms with E-state index in [-0.39, 0.29) is 19.0 Å². The number of aliphatic carboxylic acids is 1. The van der Waals surface area contributed by atoms with E-state index in [2.05, 4.69) is 5.32 Å². The topological polar surface area (TPSA) is 78.8 Å². The minimum atomic E-state index is -0.992. The van der Waals surface area contributed by atoms with E-state index in [1.165, 1.54) is 0 Å². The van der Waals surface area contributed by atoms with Gasteiger partial charge in [0.1, 0.15) is 0 Å². The molecule has 0 saturated heterocycles. The fraction of sp³-hybridized carbons (Fsp3) is 0.875. The van der Waals surface area contributed by atoms with Crippen LogP contribution in [0, 0.1) is 0 Å². The Labute approximate surface area is 77.7 Å². The average Bonchev–Trinajstić information content (AvgIpc) is 2.00. The van der Waals surface area contributed by atoms with Crippen molar-refractivity contribution in [3.8, 4) is 0 Å². The Kier molecular flexibility index (Phi) is 6.48. The maximum atomic E-state index is 10.2. The lowest BCUT2D eigenvalue weighted by molar-refractivity contribution is -0.139. The van der Waals surface area contributed by atoms with Gasteiger partial charge < -0.3 is 20.3 Å². The zero-order valence-electron chi connectivity index (χ0n) is 7.99. The van der Waals surface area contributed by atoms with Crippen LogP contribution < -0.4 is 5.32 Å². The molecule has 5 heteroatoms. The van der Waals surface area contributed by atoms with E-state index >= 15 is 0 Å². The molecule has 0 saturated carbocycles. The first-order valence-electron chi connectivity index (χ1n) is 4.18. The molecule has 0 aromatic rings. The summed E-state index contributed by atoms with van der Waals surface area (Å²) in [6, 6.07) is 0.119. The van der Waals surface area contributed by atoms with Crippen LogP contribution in [0.1, 0.15) is 13.3 Å². The number of ether oxygens (including phenoxy) is 1. The number of rotatable bonds is 7. The molecular formula is C8H17NO4. The van der Waals surface area contributed by atoms with E-state index in [1.807, 2.05) is 6.92 Å². The van der Waals surface area contributed by atoms with Crippen LogP contribution in [0.25, 0.3) is 0 Å². The molecule has 0 radical (unpaired) electrons. The van der Waals surface area contributed by atoms with Crippen LogP contribution in [0.15, 0.2) is 0 Å². The van der Waals surface area contributed by atoms with E-state index in [9.17, 15) is 4.79 Å². The summed E-state index contributed by atoms with van der Waals surface area (Å²) in [5.74, 6) is -0.992. The second kappa shape index (κ2) is 6.82. The van der Waals surface area contributed by atoms with Crippen molar-refractivity contribution in [2.75, 3.05) is 20.3 Å². The summed E-state index contributed by atoms with van der Waals surface area (Å²) in [5.41, 5.74) is 0. The van der Waals surface area contributed by atoms with Crippen LogP contribution >= 0.6 is 0 Å². The summed E-state index contributed by atoms with van der Waals surface area (Å²) in [6.07, 6.45) is -1.07. The Morgan fingerprint density at radius 3 is 2.69 bits per heavy atom. The van der Waals surface area contributed by atoms with E-state index < -0.39 is 12.1 Å². The Morgan fingerprint density at radius 2 is 2.23 bits per heavy atom. The van der Waals surface area contributed by atoms with Crippen molar-refractivity contribution >= 4 is 5.97 Å². The van der Waals surface area contributed by atoms with Crippen molar-refractivity contribution in [2.24, 2.45) is 0 Å². The summed E-state index contributed by atoms with van der Waals surface area (Å²) in [4.78, 5) is 10.2. The molecule has 0 aromatic heterocycles. The lowest BCUT2D eigenvalue weighted by Gasteiger charge is -2.14. The average molecular weight is 191 g/mol. The van der Waals surface area contributed by atoms with Crippen molar-refractivity contribution in [2.45, 2.75) is 25.5 Å². The molecule has 0 aliphatic carbocycles. The monoisotopic (exact) mass is 191 g/mol. The highest BCUT2D eigenvalue weighted by Gasteiger charge is 2.10. The third-order valence-electron chi connectivity index (χ3n) is 1.53. The summed E-state index contributed by atoms with van der Waals surface area (Å²) in [6.45, 7) is 2.72. The number of nitrogens with one attached hydrogen (secondary N) is 1. The van der Waals surface area contributed by atoms with Crippen molar-refractivity contribution in [1.29, 1.82) is 0 Å². The summed E-state index contributed by atoms with van der Waals surface area (Å²) >= 11 is 0. The first-order chi connectivity index (χ1) is 6.06. The molecule has 0 bridgehead atoms.